The van der Waals surface area contributed by atoms with E-state index in [4.69, 9.17) is 0 Å². The highest BCUT2D eigenvalue weighted by Crippen LogP contribution is 2.18. The van der Waals surface area contributed by atoms with Crippen molar-refractivity contribution in [2.45, 2.75) is 46.2 Å². The first-order valence-electron chi connectivity index (χ1n) is 4.28. The zero-order valence-electron chi connectivity index (χ0n) is 7.56. The molecule has 0 aliphatic heterocycles. The number of halogens is 1. The minimum Gasteiger partial charge on any atom is -0.300 e. The molecule has 0 radical (unpaired) electrons. The van der Waals surface area contributed by atoms with Gasteiger partial charge in [-0.3, -0.25) is 4.79 Å². The van der Waals surface area contributed by atoms with Gasteiger partial charge in [0.1, 0.15) is 12.0 Å². The average Bonchev–Trinajstić information content (AvgIpc) is 1.98. The van der Waals surface area contributed by atoms with Crippen molar-refractivity contribution in [1.29, 1.82) is 0 Å². The van der Waals surface area contributed by atoms with Crippen molar-refractivity contribution in [3.63, 3.8) is 0 Å². The quantitative estimate of drug-likeness (QED) is 0.604. The lowest BCUT2D eigenvalue weighted by molar-refractivity contribution is -0.123. The van der Waals surface area contributed by atoms with Crippen molar-refractivity contribution in [3.05, 3.63) is 0 Å². The van der Waals surface area contributed by atoms with E-state index in [2.05, 4.69) is 0 Å². The summed E-state index contributed by atoms with van der Waals surface area (Å²) in [5.41, 5.74) is 0. The normalized spacial score (nSPS) is 16.0. The maximum atomic E-state index is 13.0. The Morgan fingerprint density at radius 2 is 2.00 bits per heavy atom. The van der Waals surface area contributed by atoms with Gasteiger partial charge in [0.15, 0.2) is 0 Å². The first-order chi connectivity index (χ1) is 5.13. The minimum absolute atomic E-state index is 0.0128. The monoisotopic (exact) mass is 160 g/mol. The smallest absolute Gasteiger partial charge is 0.135 e. The van der Waals surface area contributed by atoms with Crippen LogP contribution < -0.4 is 0 Å². The van der Waals surface area contributed by atoms with Crippen LogP contribution in [0.15, 0.2) is 0 Å². The van der Waals surface area contributed by atoms with Crippen molar-refractivity contribution in [2.75, 3.05) is 0 Å². The molecule has 0 aliphatic rings. The molecule has 0 aromatic rings. The predicted molar refractivity (Wildman–Crippen MR) is 44.3 cm³/mol. The van der Waals surface area contributed by atoms with Crippen LogP contribution in [-0.4, -0.2) is 12.0 Å². The van der Waals surface area contributed by atoms with Gasteiger partial charge in [0.2, 0.25) is 0 Å². The fraction of sp³-hybridized carbons (Fsp3) is 0.889. The lowest BCUT2D eigenvalue weighted by Gasteiger charge is -2.15. The fourth-order valence-electron chi connectivity index (χ4n) is 1.23. The van der Waals surface area contributed by atoms with Gasteiger partial charge < -0.3 is 0 Å². The van der Waals surface area contributed by atoms with E-state index in [0.717, 1.165) is 6.42 Å². The Morgan fingerprint density at radius 3 is 2.27 bits per heavy atom. The Balaban J connectivity index is 3.97. The number of ketones is 1. The maximum Gasteiger partial charge on any atom is 0.135 e. The molecule has 66 valence electrons. The first-order valence-corrected chi connectivity index (χ1v) is 4.28. The second-order valence-electron chi connectivity index (χ2n) is 2.93. The number of Topliss-reactive ketones (excluding diaryl/α,β-unsaturated/α-hetero) is 1. The van der Waals surface area contributed by atoms with Gasteiger partial charge in [0.05, 0.1) is 0 Å². The number of carbonyl (C=O) groups excluding carboxylic acids is 1. The predicted octanol–water partition coefficient (Wildman–Crippen LogP) is 2.74. The molecule has 0 unspecified atom stereocenters. The van der Waals surface area contributed by atoms with Crippen LogP contribution in [0.4, 0.5) is 4.39 Å². The van der Waals surface area contributed by atoms with Crippen molar-refractivity contribution in [1.82, 2.24) is 0 Å². The van der Waals surface area contributed by atoms with Gasteiger partial charge >= 0.3 is 0 Å². The number of hydrogen-bond donors (Lipinski definition) is 0. The summed E-state index contributed by atoms with van der Waals surface area (Å²) in [7, 11) is 0. The van der Waals surface area contributed by atoms with E-state index in [1.807, 2.05) is 6.92 Å². The summed E-state index contributed by atoms with van der Waals surface area (Å²) in [6.07, 6.45) is 1.08. The number of alkyl halides is 1. The molecular formula is C9H17FO. The molecule has 0 aromatic heterocycles. The Morgan fingerprint density at radius 1 is 1.45 bits per heavy atom. The molecule has 0 N–H and O–H groups in total. The van der Waals surface area contributed by atoms with E-state index in [0.29, 0.717) is 12.8 Å². The molecule has 0 amide bonds. The molecule has 0 rings (SSSR count). The lowest BCUT2D eigenvalue weighted by atomic mass is 9.93. The highest BCUT2D eigenvalue weighted by Gasteiger charge is 2.22. The number of carbonyl (C=O) groups is 1. The summed E-state index contributed by atoms with van der Waals surface area (Å²) in [5.74, 6) is -0.369. The summed E-state index contributed by atoms with van der Waals surface area (Å²) in [4.78, 5) is 10.9. The van der Waals surface area contributed by atoms with Crippen LogP contribution in [0.3, 0.4) is 0 Å². The topological polar surface area (TPSA) is 17.1 Å². The van der Waals surface area contributed by atoms with Crippen LogP contribution in [0, 0.1) is 5.92 Å². The van der Waals surface area contributed by atoms with Gasteiger partial charge in [-0.15, -0.1) is 0 Å². The van der Waals surface area contributed by atoms with Gasteiger partial charge in [-0.05, 0) is 19.8 Å². The van der Waals surface area contributed by atoms with Gasteiger partial charge in [-0.2, -0.15) is 0 Å². The van der Waals surface area contributed by atoms with Crippen LogP contribution in [0.25, 0.3) is 0 Å². The Bertz CT molecular complexity index is 123. The molecule has 0 saturated heterocycles. The molecule has 0 aromatic carbocycles. The van der Waals surface area contributed by atoms with E-state index in [1.165, 1.54) is 6.92 Å². The Kier molecular flexibility index (Phi) is 5.08. The van der Waals surface area contributed by atoms with Gasteiger partial charge in [0, 0.05) is 5.92 Å². The molecule has 0 heterocycles. The fourth-order valence-corrected chi connectivity index (χ4v) is 1.23. The second kappa shape index (κ2) is 5.28. The summed E-state index contributed by atoms with van der Waals surface area (Å²) >= 11 is 0. The summed E-state index contributed by atoms with van der Waals surface area (Å²) in [5, 5.41) is 0. The van der Waals surface area contributed by atoms with Crippen LogP contribution in [0.2, 0.25) is 0 Å². The van der Waals surface area contributed by atoms with E-state index in [-0.39, 0.29) is 11.7 Å². The van der Waals surface area contributed by atoms with E-state index >= 15 is 0 Å². The number of rotatable bonds is 5. The van der Waals surface area contributed by atoms with Crippen LogP contribution >= 0.6 is 0 Å². The van der Waals surface area contributed by atoms with Gasteiger partial charge in [0.25, 0.3) is 0 Å². The Labute approximate surface area is 68.0 Å². The first kappa shape index (κ1) is 10.6. The van der Waals surface area contributed by atoms with Crippen LogP contribution in [0.5, 0.6) is 0 Å². The third-order valence-corrected chi connectivity index (χ3v) is 1.95. The SMILES string of the molecule is CCC[C@@H](C(C)=O)[C@H](F)CC. The van der Waals surface area contributed by atoms with Crippen LogP contribution in [0.1, 0.15) is 40.0 Å². The number of hydrogen-bond acceptors (Lipinski definition) is 1. The van der Waals surface area contributed by atoms with Crippen molar-refractivity contribution >= 4 is 5.78 Å². The molecule has 2 atom stereocenters. The molecule has 0 fully saturated rings. The van der Waals surface area contributed by atoms with Gasteiger partial charge in [-0.1, -0.05) is 20.3 Å². The molecule has 0 bridgehead atoms. The molecule has 0 aliphatic carbocycles. The van der Waals surface area contributed by atoms with Crippen molar-refractivity contribution in [3.8, 4) is 0 Å². The average molecular weight is 160 g/mol. The van der Waals surface area contributed by atoms with Gasteiger partial charge in [-0.25, -0.2) is 4.39 Å². The molecule has 11 heavy (non-hydrogen) atoms. The molecule has 1 nitrogen and oxygen atoms in total. The summed E-state index contributed by atoms with van der Waals surface area (Å²) < 4.78 is 13.0. The summed E-state index contributed by atoms with van der Waals surface area (Å²) in [6.45, 7) is 5.22. The summed E-state index contributed by atoms with van der Waals surface area (Å²) in [6, 6.07) is 0. The van der Waals surface area contributed by atoms with E-state index in [1.54, 1.807) is 6.92 Å². The molecular weight excluding hydrogens is 143 g/mol. The third-order valence-electron chi connectivity index (χ3n) is 1.95. The molecule has 2 heteroatoms. The van der Waals surface area contributed by atoms with Crippen molar-refractivity contribution < 1.29 is 9.18 Å². The highest BCUT2D eigenvalue weighted by molar-refractivity contribution is 5.78. The zero-order valence-corrected chi connectivity index (χ0v) is 7.56. The minimum atomic E-state index is -0.938. The standard InChI is InChI=1S/C9H17FO/c1-4-6-8(7(3)11)9(10)5-2/h8-9H,4-6H2,1-3H3/t8-,9+/m0/s1. The van der Waals surface area contributed by atoms with E-state index in [9.17, 15) is 9.18 Å². The second-order valence-corrected chi connectivity index (χ2v) is 2.93. The highest BCUT2D eigenvalue weighted by atomic mass is 19.1. The zero-order chi connectivity index (χ0) is 8.85. The third kappa shape index (κ3) is 3.49. The molecule has 0 saturated carbocycles. The molecule has 0 spiro atoms. The Hall–Kier alpha value is -0.400. The largest absolute Gasteiger partial charge is 0.300 e. The van der Waals surface area contributed by atoms with Crippen LogP contribution in [-0.2, 0) is 4.79 Å². The van der Waals surface area contributed by atoms with Crippen molar-refractivity contribution in [2.24, 2.45) is 5.92 Å². The maximum absolute atomic E-state index is 13.0. The lowest BCUT2D eigenvalue weighted by Crippen LogP contribution is -2.22. The van der Waals surface area contributed by atoms with E-state index < -0.39 is 6.17 Å².